The normalized spacial score (nSPS) is 8.44. The van der Waals surface area contributed by atoms with E-state index in [-0.39, 0.29) is 17.8 Å². The third-order valence-electron chi connectivity index (χ3n) is 0.773. The van der Waals surface area contributed by atoms with Gasteiger partial charge in [0.25, 0.3) is 0 Å². The Hall–Kier alpha value is -1.25. The van der Waals surface area contributed by atoms with Crippen molar-refractivity contribution in [1.82, 2.24) is 0 Å². The van der Waals surface area contributed by atoms with Crippen molar-refractivity contribution in [3.63, 3.8) is 0 Å². The van der Waals surface area contributed by atoms with Gasteiger partial charge < -0.3 is 10.2 Å². The van der Waals surface area contributed by atoms with Crippen molar-refractivity contribution in [2.24, 2.45) is 0 Å². The maximum Gasteiger partial charge on any atom is 0.307 e. The van der Waals surface area contributed by atoms with Gasteiger partial charge in [-0.3, -0.25) is 4.79 Å². The smallest absolute Gasteiger partial charge is 0.307 e. The van der Waals surface area contributed by atoms with E-state index in [1.165, 1.54) is 0 Å². The van der Waals surface area contributed by atoms with Crippen LogP contribution in [-0.4, -0.2) is 16.2 Å². The second kappa shape index (κ2) is 2.91. The summed E-state index contributed by atoms with van der Waals surface area (Å²) in [6, 6.07) is 0. The summed E-state index contributed by atoms with van der Waals surface area (Å²) in [6.07, 6.45) is -0.255. The number of aliphatic hydroxyl groups is 1. The fourth-order valence-electron chi connectivity index (χ4n) is 0.285. The van der Waals surface area contributed by atoms with Gasteiger partial charge in [0.1, 0.15) is 5.76 Å². The zero-order valence-electron chi connectivity index (χ0n) is 4.92. The minimum absolute atomic E-state index is 0.141. The molecule has 0 aliphatic carbocycles. The topological polar surface area (TPSA) is 57.5 Å². The summed E-state index contributed by atoms with van der Waals surface area (Å²) >= 11 is 0. The standard InChI is InChI=1S/C6H8O3/c1-4(5(2)7)3-6(8)9/h7H,1-3H2,(H,8,9). The lowest BCUT2D eigenvalue weighted by molar-refractivity contribution is -0.136. The van der Waals surface area contributed by atoms with Gasteiger partial charge in [-0.15, -0.1) is 0 Å². The quantitative estimate of drug-likeness (QED) is 0.441. The van der Waals surface area contributed by atoms with Crippen LogP contribution in [0.5, 0.6) is 0 Å². The molecule has 0 bridgehead atoms. The number of allylic oxidation sites excluding steroid dienone is 1. The van der Waals surface area contributed by atoms with E-state index in [0.29, 0.717) is 0 Å². The number of hydrogen-bond acceptors (Lipinski definition) is 2. The third kappa shape index (κ3) is 3.34. The van der Waals surface area contributed by atoms with Crippen molar-refractivity contribution in [3.05, 3.63) is 24.5 Å². The van der Waals surface area contributed by atoms with E-state index in [1.54, 1.807) is 0 Å². The molecule has 0 aromatic heterocycles. The number of rotatable bonds is 3. The number of aliphatic carboxylic acids is 1. The maximum absolute atomic E-state index is 9.90. The molecule has 9 heavy (non-hydrogen) atoms. The second-order valence-corrected chi connectivity index (χ2v) is 1.62. The Bertz CT molecular complexity index is 158. The summed E-state index contributed by atoms with van der Waals surface area (Å²) in [5, 5.41) is 16.6. The molecule has 0 saturated heterocycles. The summed E-state index contributed by atoms with van der Waals surface area (Å²) in [7, 11) is 0. The number of carboxylic acids is 1. The molecule has 0 radical (unpaired) electrons. The van der Waals surface area contributed by atoms with Gasteiger partial charge in [-0.1, -0.05) is 13.2 Å². The SMILES string of the molecule is C=C(O)C(=C)CC(=O)O. The van der Waals surface area contributed by atoms with Gasteiger partial charge in [-0.2, -0.15) is 0 Å². The van der Waals surface area contributed by atoms with E-state index in [4.69, 9.17) is 10.2 Å². The first kappa shape index (κ1) is 7.75. The Kier molecular flexibility index (Phi) is 2.51. The van der Waals surface area contributed by atoms with E-state index in [0.717, 1.165) is 0 Å². The molecule has 0 aliphatic rings. The predicted molar refractivity (Wildman–Crippen MR) is 33.2 cm³/mol. The number of carboxylic acid groups (broad SMARTS) is 1. The fraction of sp³-hybridized carbons (Fsp3) is 0.167. The van der Waals surface area contributed by atoms with E-state index in [2.05, 4.69) is 13.2 Å². The molecule has 0 unspecified atom stereocenters. The molecule has 3 heteroatoms. The van der Waals surface area contributed by atoms with Crippen LogP contribution in [0.3, 0.4) is 0 Å². The van der Waals surface area contributed by atoms with E-state index in [9.17, 15) is 4.79 Å². The summed E-state index contributed by atoms with van der Waals surface area (Å²) in [5.41, 5.74) is 0.141. The molecule has 0 heterocycles. The highest BCUT2D eigenvalue weighted by Gasteiger charge is 2.02. The molecule has 0 aromatic carbocycles. The maximum atomic E-state index is 9.90. The summed E-state index contributed by atoms with van der Waals surface area (Å²) in [6.45, 7) is 6.36. The van der Waals surface area contributed by atoms with Crippen LogP contribution in [0, 0.1) is 0 Å². The van der Waals surface area contributed by atoms with Crippen molar-refractivity contribution >= 4 is 5.97 Å². The molecule has 0 rings (SSSR count). The average Bonchev–Trinajstić information content (AvgIpc) is 1.63. The van der Waals surface area contributed by atoms with E-state index >= 15 is 0 Å². The van der Waals surface area contributed by atoms with Crippen LogP contribution in [0.25, 0.3) is 0 Å². The molecule has 0 fully saturated rings. The first-order chi connectivity index (χ1) is 4.04. The van der Waals surface area contributed by atoms with Crippen LogP contribution in [0.1, 0.15) is 6.42 Å². The van der Waals surface area contributed by atoms with Crippen molar-refractivity contribution < 1.29 is 15.0 Å². The van der Waals surface area contributed by atoms with Gasteiger partial charge in [0, 0.05) is 0 Å². The second-order valence-electron chi connectivity index (χ2n) is 1.62. The Labute approximate surface area is 52.9 Å². The molecule has 3 nitrogen and oxygen atoms in total. The zero-order chi connectivity index (χ0) is 7.44. The van der Waals surface area contributed by atoms with Crippen LogP contribution in [0.15, 0.2) is 24.5 Å². The zero-order valence-corrected chi connectivity index (χ0v) is 4.92. The lowest BCUT2D eigenvalue weighted by Gasteiger charge is -1.96. The van der Waals surface area contributed by atoms with Gasteiger partial charge in [0.2, 0.25) is 0 Å². The Morgan fingerprint density at radius 2 is 1.78 bits per heavy atom. The Balaban J connectivity index is 3.79. The molecule has 0 amide bonds. The van der Waals surface area contributed by atoms with Crippen LogP contribution in [-0.2, 0) is 4.79 Å². The average molecular weight is 128 g/mol. The van der Waals surface area contributed by atoms with Gasteiger partial charge in [-0.25, -0.2) is 0 Å². The molecular formula is C6H8O3. The van der Waals surface area contributed by atoms with Crippen molar-refractivity contribution in [2.45, 2.75) is 6.42 Å². The lowest BCUT2D eigenvalue weighted by atomic mass is 10.2. The summed E-state index contributed by atoms with van der Waals surface area (Å²) < 4.78 is 0. The highest BCUT2D eigenvalue weighted by atomic mass is 16.4. The molecule has 50 valence electrons. The first-order valence-electron chi connectivity index (χ1n) is 2.32. The Morgan fingerprint density at radius 3 is 1.89 bits per heavy atom. The Morgan fingerprint density at radius 1 is 1.33 bits per heavy atom. The number of carbonyl (C=O) groups is 1. The van der Waals surface area contributed by atoms with Crippen LogP contribution in [0.2, 0.25) is 0 Å². The minimum atomic E-state index is -1.02. The van der Waals surface area contributed by atoms with Crippen LogP contribution in [0.4, 0.5) is 0 Å². The lowest BCUT2D eigenvalue weighted by Crippen LogP contribution is -1.97. The molecule has 0 aliphatic heterocycles. The highest BCUT2D eigenvalue weighted by molar-refractivity contribution is 5.70. The monoisotopic (exact) mass is 128 g/mol. The summed E-state index contributed by atoms with van der Waals surface area (Å²) in [4.78, 5) is 9.90. The molecular weight excluding hydrogens is 120 g/mol. The van der Waals surface area contributed by atoms with Gasteiger partial charge in [0.05, 0.1) is 6.42 Å². The van der Waals surface area contributed by atoms with E-state index < -0.39 is 5.97 Å². The molecule has 0 saturated carbocycles. The molecule has 0 aromatic rings. The highest BCUT2D eigenvalue weighted by Crippen LogP contribution is 2.04. The van der Waals surface area contributed by atoms with Gasteiger partial charge in [-0.05, 0) is 5.57 Å². The number of hydrogen-bond donors (Lipinski definition) is 2. The van der Waals surface area contributed by atoms with Gasteiger partial charge in [0.15, 0.2) is 0 Å². The van der Waals surface area contributed by atoms with E-state index in [1.807, 2.05) is 0 Å². The van der Waals surface area contributed by atoms with Crippen molar-refractivity contribution in [1.29, 1.82) is 0 Å². The minimum Gasteiger partial charge on any atom is -0.508 e. The van der Waals surface area contributed by atoms with Crippen LogP contribution < -0.4 is 0 Å². The van der Waals surface area contributed by atoms with Gasteiger partial charge >= 0.3 is 5.97 Å². The molecule has 2 N–H and O–H groups in total. The molecule has 0 spiro atoms. The fourth-order valence-corrected chi connectivity index (χ4v) is 0.285. The van der Waals surface area contributed by atoms with Crippen molar-refractivity contribution in [2.75, 3.05) is 0 Å². The largest absolute Gasteiger partial charge is 0.508 e. The number of aliphatic hydroxyl groups excluding tert-OH is 1. The predicted octanol–water partition coefficient (Wildman–Crippen LogP) is 1.09. The third-order valence-corrected chi connectivity index (χ3v) is 0.773. The molecule has 0 atom stereocenters. The first-order valence-corrected chi connectivity index (χ1v) is 2.32. The van der Waals surface area contributed by atoms with Crippen LogP contribution >= 0.6 is 0 Å². The van der Waals surface area contributed by atoms with Crippen molar-refractivity contribution in [3.8, 4) is 0 Å². The summed E-state index contributed by atoms with van der Waals surface area (Å²) in [5.74, 6) is -1.28.